The fourth-order valence-corrected chi connectivity index (χ4v) is 2.68. The minimum Gasteiger partial charge on any atom is -0.345 e. The largest absolute Gasteiger partial charge is 0.345 e. The van der Waals surface area contributed by atoms with Crippen molar-refractivity contribution in [3.63, 3.8) is 0 Å². The molecule has 4 rings (SSSR count). The average molecular weight is 332 g/mol. The van der Waals surface area contributed by atoms with Gasteiger partial charge in [0.05, 0.1) is 23.1 Å². The number of nitrogens with zero attached hydrogens (tertiary/aromatic N) is 5. The zero-order chi connectivity index (χ0) is 17.2. The van der Waals surface area contributed by atoms with E-state index < -0.39 is 0 Å². The number of hydrogen-bond acceptors (Lipinski definition) is 4. The standard InChI is InChI=1S/C18H16N6O/c1-23-15-5-3-2-4-14(15)22-17(23)11-21-18(25)13-6-7-16(20-10-13)24-9-8-19-12-24/h2-10,12H,11H2,1H3,(H,21,25). The predicted molar refractivity (Wildman–Crippen MR) is 93.2 cm³/mol. The van der Waals surface area contributed by atoms with Crippen LogP contribution in [0.5, 0.6) is 0 Å². The highest BCUT2D eigenvalue weighted by atomic mass is 16.1. The summed E-state index contributed by atoms with van der Waals surface area (Å²) in [5.74, 6) is 1.33. The van der Waals surface area contributed by atoms with Crippen molar-refractivity contribution in [3.8, 4) is 5.82 Å². The maximum absolute atomic E-state index is 12.3. The lowest BCUT2D eigenvalue weighted by molar-refractivity contribution is 0.0949. The van der Waals surface area contributed by atoms with E-state index in [1.807, 2.05) is 35.9 Å². The number of imidazole rings is 2. The van der Waals surface area contributed by atoms with Crippen molar-refractivity contribution in [1.29, 1.82) is 0 Å². The molecular weight excluding hydrogens is 316 g/mol. The fraction of sp³-hybridized carbons (Fsp3) is 0.111. The normalized spacial score (nSPS) is 10.9. The van der Waals surface area contributed by atoms with Gasteiger partial charge in [0.25, 0.3) is 5.91 Å². The van der Waals surface area contributed by atoms with Gasteiger partial charge in [-0.05, 0) is 24.3 Å². The molecule has 3 heterocycles. The van der Waals surface area contributed by atoms with E-state index >= 15 is 0 Å². The Hall–Kier alpha value is -3.48. The van der Waals surface area contributed by atoms with Gasteiger partial charge in [0, 0.05) is 25.6 Å². The Bertz CT molecular complexity index is 1020. The molecule has 0 spiro atoms. The smallest absolute Gasteiger partial charge is 0.253 e. The summed E-state index contributed by atoms with van der Waals surface area (Å²) >= 11 is 0. The van der Waals surface area contributed by atoms with Crippen LogP contribution in [-0.4, -0.2) is 30.0 Å². The van der Waals surface area contributed by atoms with Crippen LogP contribution in [0, 0.1) is 0 Å². The SMILES string of the molecule is Cn1c(CNC(=O)c2ccc(-n3ccnc3)nc2)nc2ccccc21. The summed E-state index contributed by atoms with van der Waals surface area (Å²) in [6.07, 6.45) is 6.69. The molecule has 3 aromatic heterocycles. The molecule has 0 saturated carbocycles. The lowest BCUT2D eigenvalue weighted by Crippen LogP contribution is -2.24. The number of fused-ring (bicyclic) bond motifs is 1. The first-order valence-electron chi connectivity index (χ1n) is 7.85. The van der Waals surface area contributed by atoms with E-state index in [1.165, 1.54) is 0 Å². The van der Waals surface area contributed by atoms with E-state index in [0.29, 0.717) is 17.9 Å². The Morgan fingerprint density at radius 2 is 2.08 bits per heavy atom. The lowest BCUT2D eigenvalue weighted by Gasteiger charge is -2.06. The first kappa shape index (κ1) is 15.1. The van der Waals surface area contributed by atoms with Gasteiger partial charge in [0.2, 0.25) is 0 Å². The van der Waals surface area contributed by atoms with Crippen molar-refractivity contribution < 1.29 is 4.79 Å². The fourth-order valence-electron chi connectivity index (χ4n) is 2.68. The molecule has 124 valence electrons. The van der Waals surface area contributed by atoms with Crippen molar-refractivity contribution in [2.75, 3.05) is 0 Å². The molecule has 7 nitrogen and oxygen atoms in total. The second-order valence-electron chi connectivity index (χ2n) is 5.63. The number of hydrogen-bond donors (Lipinski definition) is 1. The highest BCUT2D eigenvalue weighted by Gasteiger charge is 2.10. The molecule has 0 atom stereocenters. The van der Waals surface area contributed by atoms with Crippen LogP contribution in [0.1, 0.15) is 16.2 Å². The first-order chi connectivity index (χ1) is 12.2. The number of nitrogens with one attached hydrogen (secondary N) is 1. The number of rotatable bonds is 4. The third-order valence-corrected chi connectivity index (χ3v) is 4.07. The Balaban J connectivity index is 1.47. The van der Waals surface area contributed by atoms with Crippen molar-refractivity contribution in [2.45, 2.75) is 6.54 Å². The molecule has 0 unspecified atom stereocenters. The zero-order valence-electron chi connectivity index (χ0n) is 13.6. The highest BCUT2D eigenvalue weighted by molar-refractivity contribution is 5.93. The van der Waals surface area contributed by atoms with Gasteiger partial charge in [-0.1, -0.05) is 12.1 Å². The van der Waals surface area contributed by atoms with E-state index in [9.17, 15) is 4.79 Å². The Labute approximate surface area is 144 Å². The van der Waals surface area contributed by atoms with E-state index in [0.717, 1.165) is 16.9 Å². The number of para-hydroxylation sites is 2. The van der Waals surface area contributed by atoms with Gasteiger partial charge in [-0.25, -0.2) is 15.0 Å². The van der Waals surface area contributed by atoms with Crippen LogP contribution in [0.3, 0.4) is 0 Å². The molecular formula is C18H16N6O. The van der Waals surface area contributed by atoms with Crippen molar-refractivity contribution in [3.05, 3.63) is 72.7 Å². The van der Waals surface area contributed by atoms with Gasteiger partial charge in [-0.2, -0.15) is 0 Å². The van der Waals surface area contributed by atoms with E-state index in [4.69, 9.17) is 0 Å². The van der Waals surface area contributed by atoms with Crippen LogP contribution in [-0.2, 0) is 13.6 Å². The Morgan fingerprint density at radius 1 is 1.20 bits per heavy atom. The minimum atomic E-state index is -0.184. The summed E-state index contributed by atoms with van der Waals surface area (Å²) in [5.41, 5.74) is 2.46. The summed E-state index contributed by atoms with van der Waals surface area (Å²) in [4.78, 5) is 25.2. The van der Waals surface area contributed by atoms with Crippen LogP contribution in [0.25, 0.3) is 16.9 Å². The molecule has 0 aliphatic heterocycles. The summed E-state index contributed by atoms with van der Waals surface area (Å²) < 4.78 is 3.76. The second-order valence-corrected chi connectivity index (χ2v) is 5.63. The van der Waals surface area contributed by atoms with Gasteiger partial charge in [0.15, 0.2) is 0 Å². The van der Waals surface area contributed by atoms with Crippen LogP contribution < -0.4 is 5.32 Å². The molecule has 0 bridgehead atoms. The maximum Gasteiger partial charge on any atom is 0.253 e. The van der Waals surface area contributed by atoms with Gasteiger partial charge in [-0.15, -0.1) is 0 Å². The number of aromatic nitrogens is 5. The number of aryl methyl sites for hydroxylation is 1. The minimum absolute atomic E-state index is 0.184. The van der Waals surface area contributed by atoms with Gasteiger partial charge < -0.3 is 9.88 Å². The Morgan fingerprint density at radius 3 is 2.80 bits per heavy atom. The molecule has 0 saturated heterocycles. The molecule has 0 aliphatic rings. The third kappa shape index (κ3) is 2.87. The molecule has 0 radical (unpaired) electrons. The van der Waals surface area contributed by atoms with E-state index in [2.05, 4.69) is 20.3 Å². The lowest BCUT2D eigenvalue weighted by atomic mass is 10.2. The van der Waals surface area contributed by atoms with Crippen molar-refractivity contribution in [1.82, 2.24) is 29.4 Å². The van der Waals surface area contributed by atoms with Crippen molar-refractivity contribution >= 4 is 16.9 Å². The highest BCUT2D eigenvalue weighted by Crippen LogP contribution is 2.14. The monoisotopic (exact) mass is 332 g/mol. The molecule has 7 heteroatoms. The van der Waals surface area contributed by atoms with Crippen LogP contribution in [0.4, 0.5) is 0 Å². The summed E-state index contributed by atoms with van der Waals surface area (Å²) in [7, 11) is 1.94. The first-order valence-corrected chi connectivity index (χ1v) is 7.85. The van der Waals surface area contributed by atoms with Crippen LogP contribution in [0.15, 0.2) is 61.3 Å². The number of benzene rings is 1. The number of carbonyl (C=O) groups excluding carboxylic acids is 1. The summed E-state index contributed by atoms with van der Waals surface area (Å²) in [6, 6.07) is 11.4. The molecule has 0 fully saturated rings. The number of carbonyl (C=O) groups is 1. The van der Waals surface area contributed by atoms with Gasteiger partial charge in [-0.3, -0.25) is 9.36 Å². The van der Waals surface area contributed by atoms with Crippen molar-refractivity contribution in [2.24, 2.45) is 7.05 Å². The Kier molecular flexibility index (Phi) is 3.74. The van der Waals surface area contributed by atoms with Gasteiger partial charge in [0.1, 0.15) is 18.0 Å². The predicted octanol–water partition coefficient (Wildman–Crippen LogP) is 2.08. The summed E-state index contributed by atoms with van der Waals surface area (Å²) in [5, 5.41) is 2.89. The number of pyridine rings is 1. The molecule has 1 N–H and O–H groups in total. The molecule has 4 aromatic rings. The van der Waals surface area contributed by atoms with Crippen LogP contribution in [0.2, 0.25) is 0 Å². The quantitative estimate of drug-likeness (QED) is 0.621. The summed E-state index contributed by atoms with van der Waals surface area (Å²) in [6.45, 7) is 0.354. The van der Waals surface area contributed by atoms with Crippen LogP contribution >= 0.6 is 0 Å². The molecule has 0 aliphatic carbocycles. The molecule has 1 aromatic carbocycles. The second kappa shape index (κ2) is 6.20. The van der Waals surface area contributed by atoms with E-state index in [1.54, 1.807) is 41.6 Å². The zero-order valence-corrected chi connectivity index (χ0v) is 13.6. The topological polar surface area (TPSA) is 77.6 Å². The number of amides is 1. The molecule has 25 heavy (non-hydrogen) atoms. The maximum atomic E-state index is 12.3. The molecule has 1 amide bonds. The van der Waals surface area contributed by atoms with E-state index in [-0.39, 0.29) is 5.91 Å². The average Bonchev–Trinajstić information content (AvgIpc) is 3.29. The van der Waals surface area contributed by atoms with Gasteiger partial charge >= 0.3 is 0 Å². The third-order valence-electron chi connectivity index (χ3n) is 4.07.